The molecule has 0 fully saturated rings. The van der Waals surface area contributed by atoms with Gasteiger partial charge in [0.1, 0.15) is 12.6 Å². The summed E-state index contributed by atoms with van der Waals surface area (Å²) in [6, 6.07) is 16.6. The molecular weight excluding hydrogens is 602 g/mol. The number of allylic oxidation sites excluding steroid dienone is 1. The molecule has 0 unspecified atom stereocenters. The Morgan fingerprint density at radius 2 is 1.91 bits per heavy atom. The average Bonchev–Trinajstić information content (AvgIpc) is 3.64. The lowest BCUT2D eigenvalue weighted by atomic mass is 9.96. The summed E-state index contributed by atoms with van der Waals surface area (Å²) >= 11 is 1.05. The quantitative estimate of drug-likeness (QED) is 0.152. The first-order valence-corrected chi connectivity index (χ1v) is 14.7. The van der Waals surface area contributed by atoms with Crippen molar-refractivity contribution in [3.63, 3.8) is 0 Å². The zero-order valence-electron chi connectivity index (χ0n) is 24.5. The number of fused-ring (bicyclic) bond motifs is 2. The molecule has 2 aliphatic heterocycles. The third-order valence-corrected chi connectivity index (χ3v) is 8.27. The second-order valence-electron chi connectivity index (χ2n) is 9.99. The number of nitro benzene ring substituents is 1. The van der Waals surface area contributed by atoms with Crippen LogP contribution in [0.3, 0.4) is 0 Å². The summed E-state index contributed by atoms with van der Waals surface area (Å²) in [6.07, 6.45) is 1.42. The highest BCUT2D eigenvalue weighted by atomic mass is 32.1. The lowest BCUT2D eigenvalue weighted by Gasteiger charge is -2.22. The Morgan fingerprint density at radius 3 is 2.64 bits per heavy atom. The zero-order valence-corrected chi connectivity index (χ0v) is 25.3. The third-order valence-electron chi connectivity index (χ3n) is 7.29. The molecule has 4 aromatic rings. The summed E-state index contributed by atoms with van der Waals surface area (Å²) in [5, 5.41) is 12.1. The number of aromatic nitrogens is 1. The minimum absolute atomic E-state index is 0.0842. The number of thiazole rings is 1. The monoisotopic (exact) mass is 629 g/mol. The Bertz CT molecular complexity index is 2030. The molecule has 3 aromatic carbocycles. The van der Waals surface area contributed by atoms with Crippen molar-refractivity contribution in [2.24, 2.45) is 4.99 Å². The van der Waals surface area contributed by atoms with Crippen LogP contribution in [-0.2, 0) is 16.1 Å². The van der Waals surface area contributed by atoms with Crippen molar-refractivity contribution in [1.29, 1.82) is 0 Å². The molecule has 230 valence electrons. The van der Waals surface area contributed by atoms with E-state index in [9.17, 15) is 19.7 Å². The van der Waals surface area contributed by atoms with Crippen LogP contribution in [0.15, 0.2) is 76.0 Å². The number of methoxy groups -OCH3 is 1. The van der Waals surface area contributed by atoms with Gasteiger partial charge in [0.25, 0.3) is 11.2 Å². The number of nitro groups is 1. The maximum Gasteiger partial charge on any atom is 0.338 e. The van der Waals surface area contributed by atoms with Crippen molar-refractivity contribution >= 4 is 34.8 Å². The molecule has 0 spiro atoms. The Labute approximate surface area is 260 Å². The normalized spacial score (nSPS) is 15.4. The maximum absolute atomic E-state index is 13.7. The Balaban J connectivity index is 1.46. The standard InChI is InChI=1S/C32H27N3O9S/c1-4-41-31(37)28-18(2)34-30(36)27(45-32(34)33-29(28)20-10-11-23-25(12-20)44-17-43-23)14-21-13-24(40-3)26(15-22(21)35(38)39)42-16-19-8-6-5-7-9-19/h5-15,29H,4,16-17H2,1-3H3/b27-14-/t29-/m1/s1. The fourth-order valence-electron chi connectivity index (χ4n) is 5.13. The molecule has 3 heterocycles. The highest BCUT2D eigenvalue weighted by molar-refractivity contribution is 7.07. The molecule has 0 N–H and O–H groups in total. The number of nitrogens with zero attached hydrogens (tertiary/aromatic N) is 3. The van der Waals surface area contributed by atoms with Gasteiger partial charge in [-0.1, -0.05) is 47.7 Å². The predicted octanol–water partition coefficient (Wildman–Crippen LogP) is 4.13. The summed E-state index contributed by atoms with van der Waals surface area (Å²) in [7, 11) is 1.43. The fraction of sp³-hybridized carbons (Fsp3) is 0.219. The number of carbonyl (C=O) groups is 1. The summed E-state index contributed by atoms with van der Waals surface area (Å²) in [5.74, 6) is 0.932. The molecule has 2 aliphatic rings. The maximum atomic E-state index is 13.7. The highest BCUT2D eigenvalue weighted by Gasteiger charge is 2.32. The van der Waals surface area contributed by atoms with Crippen LogP contribution in [0, 0.1) is 10.1 Å². The van der Waals surface area contributed by atoms with E-state index in [0.717, 1.165) is 16.9 Å². The van der Waals surface area contributed by atoms with Gasteiger partial charge in [-0.15, -0.1) is 0 Å². The van der Waals surface area contributed by atoms with Crippen LogP contribution in [0.5, 0.6) is 23.0 Å². The lowest BCUT2D eigenvalue weighted by molar-refractivity contribution is -0.385. The third kappa shape index (κ3) is 5.65. The molecular formula is C32H27N3O9S. The van der Waals surface area contributed by atoms with Gasteiger partial charge in [0.15, 0.2) is 27.8 Å². The van der Waals surface area contributed by atoms with Gasteiger partial charge in [-0.3, -0.25) is 19.5 Å². The number of esters is 1. The van der Waals surface area contributed by atoms with E-state index in [1.807, 2.05) is 30.3 Å². The zero-order chi connectivity index (χ0) is 31.7. The summed E-state index contributed by atoms with van der Waals surface area (Å²) in [4.78, 5) is 43.6. The van der Waals surface area contributed by atoms with Crippen molar-refractivity contribution in [2.75, 3.05) is 20.5 Å². The first-order valence-electron chi connectivity index (χ1n) is 13.9. The summed E-state index contributed by atoms with van der Waals surface area (Å²) < 4.78 is 29.1. The van der Waals surface area contributed by atoms with Gasteiger partial charge in [0.05, 0.1) is 40.4 Å². The van der Waals surface area contributed by atoms with Crippen LogP contribution >= 0.6 is 11.3 Å². The SMILES string of the molecule is CCOC(=O)C1=C(C)n2c(s/c(=C\c3cc(OC)c(OCc4ccccc4)cc3[N+](=O)[O-])c2=O)=N[C@@H]1c1ccc2c(c1)OCO2. The number of ether oxygens (including phenoxy) is 5. The Hall–Kier alpha value is -5.43. The van der Waals surface area contributed by atoms with Crippen LogP contribution in [-0.4, -0.2) is 36.0 Å². The molecule has 13 heteroatoms. The Kier molecular flexibility index (Phi) is 8.09. The van der Waals surface area contributed by atoms with E-state index in [0.29, 0.717) is 27.6 Å². The smallest absolute Gasteiger partial charge is 0.338 e. The van der Waals surface area contributed by atoms with Gasteiger partial charge < -0.3 is 23.7 Å². The molecule has 0 amide bonds. The number of benzene rings is 3. The molecule has 1 aromatic heterocycles. The van der Waals surface area contributed by atoms with Crippen LogP contribution < -0.4 is 33.8 Å². The molecule has 0 saturated carbocycles. The number of carbonyl (C=O) groups excluding carboxylic acids is 1. The Morgan fingerprint density at radius 1 is 1.13 bits per heavy atom. The van der Waals surface area contributed by atoms with Crippen molar-refractivity contribution in [1.82, 2.24) is 4.57 Å². The van der Waals surface area contributed by atoms with E-state index >= 15 is 0 Å². The van der Waals surface area contributed by atoms with Gasteiger partial charge in [-0.05, 0) is 49.2 Å². The van der Waals surface area contributed by atoms with Crippen LogP contribution in [0.2, 0.25) is 0 Å². The molecule has 0 radical (unpaired) electrons. The lowest BCUT2D eigenvalue weighted by Crippen LogP contribution is -2.35. The molecule has 1 atom stereocenters. The summed E-state index contributed by atoms with van der Waals surface area (Å²) in [5.41, 5.74) is 1.44. The van der Waals surface area contributed by atoms with Crippen LogP contribution in [0.1, 0.15) is 36.6 Å². The van der Waals surface area contributed by atoms with Gasteiger partial charge in [-0.25, -0.2) is 9.79 Å². The fourth-order valence-corrected chi connectivity index (χ4v) is 6.16. The van der Waals surface area contributed by atoms with Gasteiger partial charge in [0.2, 0.25) is 6.79 Å². The minimum atomic E-state index is -0.792. The van der Waals surface area contributed by atoms with E-state index in [2.05, 4.69) is 0 Å². The van der Waals surface area contributed by atoms with Crippen molar-refractivity contribution in [3.05, 3.63) is 113 Å². The van der Waals surface area contributed by atoms with E-state index in [-0.39, 0.29) is 52.9 Å². The second-order valence-corrected chi connectivity index (χ2v) is 11.0. The molecule has 0 saturated heterocycles. The summed E-state index contributed by atoms with van der Waals surface area (Å²) in [6.45, 7) is 3.73. The number of rotatable bonds is 9. The van der Waals surface area contributed by atoms with Crippen LogP contribution in [0.25, 0.3) is 11.8 Å². The molecule has 0 aliphatic carbocycles. The molecule has 0 bridgehead atoms. The topological polar surface area (TPSA) is 141 Å². The van der Waals surface area contributed by atoms with Gasteiger partial charge >= 0.3 is 5.97 Å². The molecule has 12 nitrogen and oxygen atoms in total. The van der Waals surface area contributed by atoms with Gasteiger partial charge in [-0.2, -0.15) is 0 Å². The highest BCUT2D eigenvalue weighted by Crippen LogP contribution is 2.39. The molecule has 6 rings (SSSR count). The first kappa shape index (κ1) is 29.6. The second kappa shape index (κ2) is 12.3. The number of hydrogen-bond acceptors (Lipinski definition) is 11. The predicted molar refractivity (Wildman–Crippen MR) is 164 cm³/mol. The average molecular weight is 630 g/mol. The molecule has 45 heavy (non-hydrogen) atoms. The van der Waals surface area contributed by atoms with Crippen LogP contribution in [0.4, 0.5) is 5.69 Å². The first-order chi connectivity index (χ1) is 21.8. The van der Waals surface area contributed by atoms with E-state index in [4.69, 9.17) is 28.7 Å². The van der Waals surface area contributed by atoms with Crippen molar-refractivity contribution in [3.8, 4) is 23.0 Å². The number of hydrogen-bond donors (Lipinski definition) is 0. The van der Waals surface area contributed by atoms with E-state index < -0.39 is 22.5 Å². The van der Waals surface area contributed by atoms with E-state index in [1.165, 1.54) is 29.9 Å². The largest absolute Gasteiger partial charge is 0.493 e. The van der Waals surface area contributed by atoms with E-state index in [1.54, 1.807) is 32.0 Å². The minimum Gasteiger partial charge on any atom is -0.493 e. The van der Waals surface area contributed by atoms with Crippen molar-refractivity contribution in [2.45, 2.75) is 26.5 Å². The van der Waals surface area contributed by atoms with Crippen molar-refractivity contribution < 1.29 is 33.4 Å². The van der Waals surface area contributed by atoms with Gasteiger partial charge in [0, 0.05) is 5.70 Å².